The second-order valence-electron chi connectivity index (χ2n) is 8.30. The fourth-order valence-electron chi connectivity index (χ4n) is 4.29. The summed E-state index contributed by atoms with van der Waals surface area (Å²) in [6, 6.07) is 3.04. The quantitative estimate of drug-likeness (QED) is 0.438. The van der Waals surface area contributed by atoms with Crippen LogP contribution in [0.3, 0.4) is 0 Å². The number of Topliss-reactive ketones (excluding diaryl/α,β-unsaturated/α-hetero) is 1. The summed E-state index contributed by atoms with van der Waals surface area (Å²) in [4.78, 5) is 34.0. The van der Waals surface area contributed by atoms with Gasteiger partial charge in [-0.2, -0.15) is 0 Å². The lowest BCUT2D eigenvalue weighted by molar-refractivity contribution is -0.118. The Labute approximate surface area is 207 Å². The van der Waals surface area contributed by atoms with Crippen molar-refractivity contribution in [2.75, 3.05) is 27.4 Å². The van der Waals surface area contributed by atoms with Crippen LogP contribution in [0.5, 0.6) is 11.5 Å². The third-order valence-electron chi connectivity index (χ3n) is 6.15. The van der Waals surface area contributed by atoms with Crippen LogP contribution in [-0.2, 0) is 22.4 Å². The molecule has 0 bridgehead atoms. The van der Waals surface area contributed by atoms with Gasteiger partial charge in [-0.1, -0.05) is 18.2 Å². The number of fused-ring (bicyclic) bond motifs is 1. The number of pyridine rings is 1. The number of hydrogen-bond acceptors (Lipinski definition) is 7. The molecule has 2 atom stereocenters. The number of ketones is 1. The molecule has 3 heterocycles. The molecule has 2 aliphatic rings. The lowest BCUT2D eigenvalue weighted by Gasteiger charge is -2.31. The molecule has 10 heteroatoms. The number of nitrogens with one attached hydrogen (secondary N) is 1. The Morgan fingerprint density at radius 1 is 1.31 bits per heavy atom. The lowest BCUT2D eigenvalue weighted by Crippen LogP contribution is -2.45. The van der Waals surface area contributed by atoms with E-state index < -0.39 is 11.6 Å². The number of amides is 1. The minimum Gasteiger partial charge on any atom is -0.495 e. The first kappa shape index (κ1) is 24.8. The van der Waals surface area contributed by atoms with Gasteiger partial charge in [-0.05, 0) is 25.0 Å². The van der Waals surface area contributed by atoms with E-state index in [2.05, 4.69) is 21.9 Å². The summed E-state index contributed by atoms with van der Waals surface area (Å²) >= 11 is 6.26. The molecule has 1 fully saturated rings. The lowest BCUT2D eigenvalue weighted by atomic mass is 9.90. The van der Waals surface area contributed by atoms with Crippen molar-refractivity contribution in [3.05, 3.63) is 58.6 Å². The average molecular weight is 502 g/mol. The molecule has 2 unspecified atom stereocenters. The van der Waals surface area contributed by atoms with E-state index in [0.717, 1.165) is 11.3 Å². The summed E-state index contributed by atoms with van der Waals surface area (Å²) in [5.41, 5.74) is 1.89. The fraction of sp³-hybridized carbons (Fsp3) is 0.360. The molecule has 0 aliphatic carbocycles. The molecule has 4 rings (SSSR count). The van der Waals surface area contributed by atoms with Crippen LogP contribution in [0.1, 0.15) is 28.0 Å². The maximum absolute atomic E-state index is 15.0. The highest BCUT2D eigenvalue weighted by Gasteiger charge is 2.31. The van der Waals surface area contributed by atoms with Gasteiger partial charge < -0.3 is 19.5 Å². The second-order valence-corrected chi connectivity index (χ2v) is 8.68. The molecular formula is C25H25ClFN3O5. The van der Waals surface area contributed by atoms with E-state index in [9.17, 15) is 14.0 Å². The van der Waals surface area contributed by atoms with E-state index in [-0.39, 0.29) is 52.1 Å². The molecule has 0 saturated carbocycles. The van der Waals surface area contributed by atoms with E-state index >= 15 is 0 Å². The first-order valence-corrected chi connectivity index (χ1v) is 11.4. The van der Waals surface area contributed by atoms with Gasteiger partial charge in [-0.25, -0.2) is 9.38 Å². The summed E-state index contributed by atoms with van der Waals surface area (Å²) in [6.45, 7) is 4.56. The third kappa shape index (κ3) is 5.06. The van der Waals surface area contributed by atoms with Gasteiger partial charge in [0.1, 0.15) is 5.75 Å². The number of aliphatic imine (C=N–C) groups is 1. The maximum Gasteiger partial charge on any atom is 0.243 e. The summed E-state index contributed by atoms with van der Waals surface area (Å²) in [6.07, 6.45) is 4.37. The maximum atomic E-state index is 15.0. The highest BCUT2D eigenvalue weighted by molar-refractivity contribution is 6.51. The number of nitrogens with zero attached hydrogens (tertiary/aromatic N) is 2. The van der Waals surface area contributed by atoms with Crippen LogP contribution in [0.2, 0.25) is 5.02 Å². The van der Waals surface area contributed by atoms with Gasteiger partial charge in [-0.15, -0.1) is 0 Å². The third-order valence-corrected chi connectivity index (χ3v) is 6.53. The average Bonchev–Trinajstić information content (AvgIpc) is 3.29. The number of carbonyl (C=O) groups is 2. The standard InChI is InChI=1S/C25H25ClFN3O5/c1-4-21(31)30-16-5-6-35-12-14(16)7-15-9-17-13(11-28-15)8-18(29-17)25(32)22-23(26)19(33-2)10-20(34-3)24(22)27/h4,9-11,14,16H,1,5-8,12H2,2-3H3,(H,30,31). The van der Waals surface area contributed by atoms with E-state index in [1.807, 2.05) is 0 Å². The number of aromatic nitrogens is 1. The number of methoxy groups -OCH3 is 2. The van der Waals surface area contributed by atoms with Gasteiger partial charge in [0, 0.05) is 48.5 Å². The predicted molar refractivity (Wildman–Crippen MR) is 129 cm³/mol. The van der Waals surface area contributed by atoms with Crippen molar-refractivity contribution in [2.45, 2.75) is 25.3 Å². The van der Waals surface area contributed by atoms with Crippen molar-refractivity contribution in [3.8, 4) is 11.5 Å². The first-order chi connectivity index (χ1) is 16.9. The topological polar surface area (TPSA) is 99.1 Å². The van der Waals surface area contributed by atoms with Crippen molar-refractivity contribution in [1.82, 2.24) is 10.3 Å². The minimum absolute atomic E-state index is 0.0295. The molecular weight excluding hydrogens is 477 g/mol. The van der Waals surface area contributed by atoms with Gasteiger partial charge in [-0.3, -0.25) is 14.6 Å². The zero-order valence-corrected chi connectivity index (χ0v) is 20.2. The molecule has 8 nitrogen and oxygen atoms in total. The second kappa shape index (κ2) is 10.5. The molecule has 1 saturated heterocycles. The molecule has 2 aromatic rings. The fourth-order valence-corrected chi connectivity index (χ4v) is 4.59. The number of benzene rings is 1. The van der Waals surface area contributed by atoms with Crippen LogP contribution in [0.4, 0.5) is 10.1 Å². The molecule has 1 amide bonds. The van der Waals surface area contributed by atoms with Crippen LogP contribution in [0, 0.1) is 11.7 Å². The largest absolute Gasteiger partial charge is 0.495 e. The highest BCUT2D eigenvalue weighted by atomic mass is 35.5. The van der Waals surface area contributed by atoms with Gasteiger partial charge in [0.25, 0.3) is 0 Å². The monoisotopic (exact) mass is 501 g/mol. The van der Waals surface area contributed by atoms with Crippen LogP contribution >= 0.6 is 11.6 Å². The van der Waals surface area contributed by atoms with Gasteiger partial charge in [0.2, 0.25) is 11.7 Å². The van der Waals surface area contributed by atoms with Gasteiger partial charge >= 0.3 is 0 Å². The first-order valence-electron chi connectivity index (χ1n) is 11.1. The molecule has 35 heavy (non-hydrogen) atoms. The minimum atomic E-state index is -0.870. The highest BCUT2D eigenvalue weighted by Crippen LogP contribution is 2.38. The van der Waals surface area contributed by atoms with E-state index in [1.165, 1.54) is 26.4 Å². The Balaban J connectivity index is 1.57. The number of hydrogen-bond donors (Lipinski definition) is 1. The van der Waals surface area contributed by atoms with Crippen molar-refractivity contribution in [2.24, 2.45) is 10.9 Å². The van der Waals surface area contributed by atoms with Gasteiger partial charge in [0.05, 0.1) is 42.8 Å². The molecule has 1 aromatic carbocycles. The van der Waals surface area contributed by atoms with Crippen molar-refractivity contribution >= 4 is 34.7 Å². The van der Waals surface area contributed by atoms with Crippen molar-refractivity contribution < 1.29 is 28.2 Å². The van der Waals surface area contributed by atoms with Crippen molar-refractivity contribution in [3.63, 3.8) is 0 Å². The molecule has 1 aromatic heterocycles. The molecule has 0 radical (unpaired) electrons. The smallest absolute Gasteiger partial charge is 0.243 e. The number of carbonyl (C=O) groups excluding carboxylic acids is 2. The Morgan fingerprint density at radius 2 is 2.09 bits per heavy atom. The SMILES string of the molecule is C=CC(=O)NC1CCOCC1Cc1cc2c(cn1)CC(C(=O)c1c(F)c(OC)cc(OC)c1Cl)=N2. The number of ether oxygens (including phenoxy) is 3. The Bertz CT molecular complexity index is 1190. The Hall–Kier alpha value is -3.30. The number of rotatable bonds is 8. The summed E-state index contributed by atoms with van der Waals surface area (Å²) < 4.78 is 30.8. The molecule has 0 spiro atoms. The normalized spacial score (nSPS) is 18.9. The van der Waals surface area contributed by atoms with Crippen LogP contribution in [0.15, 0.2) is 36.0 Å². The van der Waals surface area contributed by atoms with Crippen molar-refractivity contribution in [1.29, 1.82) is 0 Å². The summed E-state index contributed by atoms with van der Waals surface area (Å²) in [7, 11) is 2.66. The van der Waals surface area contributed by atoms with Gasteiger partial charge in [0.15, 0.2) is 11.6 Å². The predicted octanol–water partition coefficient (Wildman–Crippen LogP) is 3.65. The Kier molecular flexibility index (Phi) is 7.47. The zero-order chi connectivity index (χ0) is 25.1. The number of halogens is 2. The summed E-state index contributed by atoms with van der Waals surface area (Å²) in [5.74, 6) is -1.73. The Morgan fingerprint density at radius 3 is 2.80 bits per heavy atom. The molecule has 1 N–H and O–H groups in total. The van der Waals surface area contributed by atoms with E-state index in [4.69, 9.17) is 25.8 Å². The summed E-state index contributed by atoms with van der Waals surface area (Å²) in [5, 5.41) is 2.81. The van der Waals surface area contributed by atoms with Crippen LogP contribution in [0.25, 0.3) is 0 Å². The van der Waals surface area contributed by atoms with E-state index in [1.54, 1.807) is 12.3 Å². The zero-order valence-electron chi connectivity index (χ0n) is 19.4. The molecule has 2 aliphatic heterocycles. The van der Waals surface area contributed by atoms with E-state index in [0.29, 0.717) is 31.7 Å². The van der Waals surface area contributed by atoms with Crippen LogP contribution < -0.4 is 14.8 Å². The molecule has 184 valence electrons. The van der Waals surface area contributed by atoms with Crippen LogP contribution in [-0.4, -0.2) is 55.9 Å².